The zero-order chi connectivity index (χ0) is 6.85. The number of rotatable bonds is 3. The Balaban J connectivity index is 2.17. The molecule has 1 saturated carbocycles. The standard InChI is InChI=1S/C8H15N/c1-6(2)8-4-7(8)5-9-3/h7-9H,1,4-5H2,2-3H3. The van der Waals surface area contributed by atoms with Crippen LogP contribution in [0, 0.1) is 11.8 Å². The summed E-state index contributed by atoms with van der Waals surface area (Å²) in [6.45, 7) is 7.21. The number of hydrogen-bond acceptors (Lipinski definition) is 1. The van der Waals surface area contributed by atoms with Crippen molar-refractivity contribution in [2.45, 2.75) is 13.3 Å². The summed E-state index contributed by atoms with van der Waals surface area (Å²) in [7, 11) is 2.01. The van der Waals surface area contributed by atoms with Crippen molar-refractivity contribution >= 4 is 0 Å². The SMILES string of the molecule is C=C(C)C1CC1CNC. The smallest absolute Gasteiger partial charge is 0.00176 e. The van der Waals surface area contributed by atoms with E-state index in [2.05, 4.69) is 18.8 Å². The van der Waals surface area contributed by atoms with Gasteiger partial charge < -0.3 is 5.32 Å². The van der Waals surface area contributed by atoms with Gasteiger partial charge in [-0.15, -0.1) is 0 Å². The predicted octanol–water partition coefficient (Wildman–Crippen LogP) is 1.42. The largest absolute Gasteiger partial charge is 0.319 e. The molecule has 2 atom stereocenters. The van der Waals surface area contributed by atoms with E-state index in [-0.39, 0.29) is 0 Å². The molecule has 0 saturated heterocycles. The van der Waals surface area contributed by atoms with Crippen molar-refractivity contribution in [2.24, 2.45) is 11.8 Å². The van der Waals surface area contributed by atoms with Crippen LogP contribution in [0.3, 0.4) is 0 Å². The molecule has 1 aliphatic carbocycles. The Labute approximate surface area is 57.1 Å². The lowest BCUT2D eigenvalue weighted by Gasteiger charge is -1.95. The van der Waals surface area contributed by atoms with Gasteiger partial charge in [0, 0.05) is 0 Å². The van der Waals surface area contributed by atoms with Crippen LogP contribution in [0.2, 0.25) is 0 Å². The highest BCUT2D eigenvalue weighted by Gasteiger charge is 2.36. The van der Waals surface area contributed by atoms with Gasteiger partial charge in [0.1, 0.15) is 0 Å². The molecule has 0 aromatic carbocycles. The molecule has 0 spiro atoms. The molecule has 52 valence electrons. The van der Waals surface area contributed by atoms with E-state index in [4.69, 9.17) is 0 Å². The second kappa shape index (κ2) is 2.53. The monoisotopic (exact) mass is 125 g/mol. The number of hydrogen-bond donors (Lipinski definition) is 1. The average Bonchev–Trinajstić information content (AvgIpc) is 2.47. The van der Waals surface area contributed by atoms with E-state index >= 15 is 0 Å². The van der Waals surface area contributed by atoms with Crippen LogP contribution in [0.4, 0.5) is 0 Å². The van der Waals surface area contributed by atoms with Gasteiger partial charge >= 0.3 is 0 Å². The lowest BCUT2D eigenvalue weighted by atomic mass is 10.2. The van der Waals surface area contributed by atoms with Crippen LogP contribution in [0.15, 0.2) is 12.2 Å². The van der Waals surface area contributed by atoms with Crippen LogP contribution in [-0.4, -0.2) is 13.6 Å². The van der Waals surface area contributed by atoms with Gasteiger partial charge in [-0.3, -0.25) is 0 Å². The van der Waals surface area contributed by atoms with E-state index in [9.17, 15) is 0 Å². The summed E-state index contributed by atoms with van der Waals surface area (Å²) in [6.07, 6.45) is 1.36. The Morgan fingerprint density at radius 3 is 2.78 bits per heavy atom. The van der Waals surface area contributed by atoms with Gasteiger partial charge in [0.25, 0.3) is 0 Å². The molecule has 0 bridgehead atoms. The first kappa shape index (κ1) is 6.81. The van der Waals surface area contributed by atoms with Crippen LogP contribution in [0.1, 0.15) is 13.3 Å². The topological polar surface area (TPSA) is 12.0 Å². The average molecular weight is 125 g/mol. The van der Waals surface area contributed by atoms with Gasteiger partial charge in [0.05, 0.1) is 0 Å². The molecule has 0 aromatic rings. The number of nitrogens with one attached hydrogen (secondary N) is 1. The Morgan fingerprint density at radius 1 is 1.78 bits per heavy atom. The lowest BCUT2D eigenvalue weighted by Crippen LogP contribution is -2.10. The molecule has 0 aromatic heterocycles. The molecular formula is C8H15N. The van der Waals surface area contributed by atoms with Crippen LogP contribution in [0.25, 0.3) is 0 Å². The minimum atomic E-state index is 0.831. The molecule has 1 N–H and O–H groups in total. The second-order valence-electron chi connectivity index (χ2n) is 3.01. The van der Waals surface area contributed by atoms with E-state index in [0.717, 1.165) is 18.4 Å². The molecule has 0 aliphatic heterocycles. The molecule has 1 aliphatic rings. The van der Waals surface area contributed by atoms with Crippen molar-refractivity contribution in [3.05, 3.63) is 12.2 Å². The summed E-state index contributed by atoms with van der Waals surface area (Å²) >= 11 is 0. The van der Waals surface area contributed by atoms with Crippen LogP contribution in [0.5, 0.6) is 0 Å². The van der Waals surface area contributed by atoms with Gasteiger partial charge in [-0.1, -0.05) is 12.2 Å². The van der Waals surface area contributed by atoms with Crippen molar-refractivity contribution in [3.63, 3.8) is 0 Å². The van der Waals surface area contributed by atoms with Gasteiger partial charge in [-0.2, -0.15) is 0 Å². The zero-order valence-corrected chi connectivity index (χ0v) is 6.28. The van der Waals surface area contributed by atoms with Crippen LogP contribution >= 0.6 is 0 Å². The Kier molecular flexibility index (Phi) is 1.91. The van der Waals surface area contributed by atoms with Gasteiger partial charge in [-0.25, -0.2) is 0 Å². The third-order valence-corrected chi connectivity index (χ3v) is 2.02. The first-order valence-electron chi connectivity index (χ1n) is 3.55. The molecule has 0 amide bonds. The predicted molar refractivity (Wildman–Crippen MR) is 40.3 cm³/mol. The van der Waals surface area contributed by atoms with Gasteiger partial charge in [-0.05, 0) is 38.8 Å². The molecule has 9 heavy (non-hydrogen) atoms. The first-order valence-corrected chi connectivity index (χ1v) is 3.55. The quantitative estimate of drug-likeness (QED) is 0.562. The molecule has 0 radical (unpaired) electrons. The van der Waals surface area contributed by atoms with Crippen molar-refractivity contribution in [1.82, 2.24) is 5.32 Å². The van der Waals surface area contributed by atoms with E-state index in [1.165, 1.54) is 12.0 Å². The minimum absolute atomic E-state index is 0.831. The van der Waals surface area contributed by atoms with Crippen LogP contribution in [-0.2, 0) is 0 Å². The molecule has 1 heteroatoms. The highest BCUT2D eigenvalue weighted by atomic mass is 14.8. The molecule has 1 rings (SSSR count). The van der Waals surface area contributed by atoms with Crippen molar-refractivity contribution < 1.29 is 0 Å². The first-order chi connectivity index (χ1) is 4.25. The van der Waals surface area contributed by atoms with Crippen molar-refractivity contribution in [1.29, 1.82) is 0 Å². The summed E-state index contributed by atoms with van der Waals surface area (Å²) in [5.74, 6) is 1.73. The minimum Gasteiger partial charge on any atom is -0.319 e. The summed E-state index contributed by atoms with van der Waals surface area (Å²) in [5.41, 5.74) is 1.36. The van der Waals surface area contributed by atoms with Gasteiger partial charge in [0.2, 0.25) is 0 Å². The molecule has 2 unspecified atom stereocenters. The third kappa shape index (κ3) is 1.55. The fourth-order valence-electron chi connectivity index (χ4n) is 1.34. The highest BCUT2D eigenvalue weighted by Crippen LogP contribution is 2.42. The summed E-state index contributed by atoms with van der Waals surface area (Å²) in [5, 5.41) is 3.17. The molecule has 1 fully saturated rings. The van der Waals surface area contributed by atoms with E-state index in [1.54, 1.807) is 0 Å². The Morgan fingerprint density at radius 2 is 2.44 bits per heavy atom. The number of allylic oxidation sites excluding steroid dienone is 1. The summed E-state index contributed by atoms with van der Waals surface area (Å²) < 4.78 is 0. The normalized spacial score (nSPS) is 32.2. The maximum Gasteiger partial charge on any atom is -0.00176 e. The highest BCUT2D eigenvalue weighted by molar-refractivity contribution is 5.09. The molecule has 1 nitrogen and oxygen atoms in total. The summed E-state index contributed by atoms with van der Waals surface area (Å²) in [4.78, 5) is 0. The zero-order valence-electron chi connectivity index (χ0n) is 6.28. The molecule has 0 heterocycles. The maximum absolute atomic E-state index is 3.92. The third-order valence-electron chi connectivity index (χ3n) is 2.02. The fourth-order valence-corrected chi connectivity index (χ4v) is 1.34. The maximum atomic E-state index is 3.92. The fraction of sp³-hybridized carbons (Fsp3) is 0.750. The summed E-state index contributed by atoms with van der Waals surface area (Å²) in [6, 6.07) is 0. The molecular weight excluding hydrogens is 110 g/mol. The second-order valence-corrected chi connectivity index (χ2v) is 3.01. The lowest BCUT2D eigenvalue weighted by molar-refractivity contribution is 0.682. The van der Waals surface area contributed by atoms with Crippen molar-refractivity contribution in [2.75, 3.05) is 13.6 Å². The van der Waals surface area contributed by atoms with Crippen molar-refractivity contribution in [3.8, 4) is 0 Å². The Hall–Kier alpha value is -0.300. The Bertz CT molecular complexity index is 118. The van der Waals surface area contributed by atoms with Gasteiger partial charge in [0.15, 0.2) is 0 Å². The van der Waals surface area contributed by atoms with E-state index in [1.807, 2.05) is 7.05 Å². The van der Waals surface area contributed by atoms with E-state index in [0.29, 0.717) is 0 Å². The van der Waals surface area contributed by atoms with E-state index < -0.39 is 0 Å². The van der Waals surface area contributed by atoms with Crippen LogP contribution < -0.4 is 5.32 Å².